The minimum absolute atomic E-state index is 0.377. The summed E-state index contributed by atoms with van der Waals surface area (Å²) < 4.78 is 0.377. The molecule has 0 spiro atoms. The lowest BCUT2D eigenvalue weighted by Gasteiger charge is -2.01. The van der Waals surface area contributed by atoms with Crippen LogP contribution in [-0.2, 0) is 0 Å². The van der Waals surface area contributed by atoms with Gasteiger partial charge in [0.2, 0.25) is 0 Å². The van der Waals surface area contributed by atoms with E-state index in [0.29, 0.717) is 4.62 Å². The maximum absolute atomic E-state index is 7.31. The fourth-order valence-electron chi connectivity index (χ4n) is 0.827. The number of rotatable bonds is 1. The van der Waals surface area contributed by atoms with Crippen LogP contribution in [0.5, 0.6) is 0 Å². The van der Waals surface area contributed by atoms with Gasteiger partial charge in [-0.3, -0.25) is 5.41 Å². The summed E-state index contributed by atoms with van der Waals surface area (Å²) in [5.74, 6) is 0. The standard InChI is InChI=1S/C8H8BrNS/c1-5-2-3-6(8(9)10)7(11)4-5/h2-4,10-11H,1H3. The summed E-state index contributed by atoms with van der Waals surface area (Å²) in [6.07, 6.45) is 0. The molecule has 0 aliphatic heterocycles. The smallest absolute Gasteiger partial charge is 0.105 e. The van der Waals surface area contributed by atoms with Crippen LogP contribution < -0.4 is 0 Å². The zero-order valence-electron chi connectivity index (χ0n) is 6.06. The molecule has 1 aromatic carbocycles. The number of thiol groups is 1. The van der Waals surface area contributed by atoms with Crippen molar-refractivity contribution in [2.45, 2.75) is 11.8 Å². The van der Waals surface area contributed by atoms with Crippen molar-refractivity contribution in [3.8, 4) is 0 Å². The number of halogens is 1. The van der Waals surface area contributed by atoms with Crippen molar-refractivity contribution >= 4 is 33.2 Å². The zero-order valence-corrected chi connectivity index (χ0v) is 8.54. The van der Waals surface area contributed by atoms with Gasteiger partial charge in [-0.15, -0.1) is 12.6 Å². The number of aryl methyl sites for hydroxylation is 1. The van der Waals surface area contributed by atoms with Gasteiger partial charge in [-0.2, -0.15) is 0 Å². The molecule has 0 saturated carbocycles. The van der Waals surface area contributed by atoms with Crippen molar-refractivity contribution < 1.29 is 0 Å². The van der Waals surface area contributed by atoms with Gasteiger partial charge < -0.3 is 0 Å². The van der Waals surface area contributed by atoms with E-state index in [1.54, 1.807) is 0 Å². The average molecular weight is 230 g/mol. The molecule has 58 valence electrons. The second-order valence-corrected chi connectivity index (χ2v) is 3.61. The Morgan fingerprint density at radius 2 is 2.18 bits per heavy atom. The van der Waals surface area contributed by atoms with Crippen molar-refractivity contribution in [3.05, 3.63) is 29.3 Å². The maximum Gasteiger partial charge on any atom is 0.105 e. The molecule has 0 bridgehead atoms. The largest absolute Gasteiger partial charge is 0.293 e. The highest BCUT2D eigenvalue weighted by Crippen LogP contribution is 2.17. The van der Waals surface area contributed by atoms with Gasteiger partial charge in [0, 0.05) is 10.5 Å². The molecule has 0 radical (unpaired) electrons. The lowest BCUT2D eigenvalue weighted by Crippen LogP contribution is -1.90. The summed E-state index contributed by atoms with van der Waals surface area (Å²) in [4.78, 5) is 0.840. The van der Waals surface area contributed by atoms with Crippen LogP contribution in [0.25, 0.3) is 0 Å². The van der Waals surface area contributed by atoms with Gasteiger partial charge in [0.05, 0.1) is 0 Å². The van der Waals surface area contributed by atoms with Crippen LogP contribution in [0.1, 0.15) is 11.1 Å². The minimum atomic E-state index is 0.377. The Hall–Kier alpha value is -0.280. The third-order valence-corrected chi connectivity index (χ3v) is 2.19. The molecule has 3 heteroatoms. The fraction of sp³-hybridized carbons (Fsp3) is 0.125. The summed E-state index contributed by atoms with van der Waals surface area (Å²) in [6, 6.07) is 5.79. The van der Waals surface area contributed by atoms with Crippen LogP contribution in [0.15, 0.2) is 23.1 Å². The molecule has 0 aliphatic rings. The van der Waals surface area contributed by atoms with E-state index in [4.69, 9.17) is 5.41 Å². The molecule has 0 fully saturated rings. The Balaban J connectivity index is 3.20. The molecular weight excluding hydrogens is 222 g/mol. The first-order valence-electron chi connectivity index (χ1n) is 3.15. The SMILES string of the molecule is Cc1ccc(C(=N)Br)c(S)c1. The molecule has 1 nitrogen and oxygen atoms in total. The molecule has 0 aromatic heterocycles. The summed E-state index contributed by atoms with van der Waals surface area (Å²) in [5, 5.41) is 7.31. The van der Waals surface area contributed by atoms with Crippen molar-refractivity contribution in [1.29, 1.82) is 5.41 Å². The lowest BCUT2D eigenvalue weighted by atomic mass is 10.2. The topological polar surface area (TPSA) is 23.9 Å². The zero-order chi connectivity index (χ0) is 8.43. The highest BCUT2D eigenvalue weighted by molar-refractivity contribution is 9.18. The molecular formula is C8H8BrNS. The Morgan fingerprint density at radius 3 is 2.64 bits per heavy atom. The van der Waals surface area contributed by atoms with Crippen LogP contribution in [0.4, 0.5) is 0 Å². The molecule has 0 amide bonds. The summed E-state index contributed by atoms with van der Waals surface area (Å²) in [5.41, 5.74) is 1.99. The van der Waals surface area contributed by atoms with Gasteiger partial charge in [-0.25, -0.2) is 0 Å². The van der Waals surface area contributed by atoms with Crippen LogP contribution in [0.2, 0.25) is 0 Å². The lowest BCUT2D eigenvalue weighted by molar-refractivity contribution is 1.34. The molecule has 0 aliphatic carbocycles. The van der Waals surface area contributed by atoms with E-state index in [1.807, 2.05) is 25.1 Å². The van der Waals surface area contributed by atoms with Gasteiger partial charge >= 0.3 is 0 Å². The summed E-state index contributed by atoms with van der Waals surface area (Å²) >= 11 is 7.33. The van der Waals surface area contributed by atoms with E-state index < -0.39 is 0 Å². The molecule has 0 unspecified atom stereocenters. The molecule has 0 saturated heterocycles. The second-order valence-electron chi connectivity index (χ2n) is 2.33. The van der Waals surface area contributed by atoms with Crippen molar-refractivity contribution in [2.24, 2.45) is 0 Å². The quantitative estimate of drug-likeness (QED) is 0.547. The predicted octanol–water partition coefficient (Wildman–Crippen LogP) is 3.00. The Kier molecular flexibility index (Phi) is 2.73. The third kappa shape index (κ3) is 2.07. The van der Waals surface area contributed by atoms with E-state index in [0.717, 1.165) is 16.0 Å². The molecule has 11 heavy (non-hydrogen) atoms. The van der Waals surface area contributed by atoms with Gasteiger partial charge in [0.15, 0.2) is 0 Å². The second kappa shape index (κ2) is 3.41. The average Bonchev–Trinajstić information content (AvgIpc) is 1.85. The van der Waals surface area contributed by atoms with Crippen molar-refractivity contribution in [3.63, 3.8) is 0 Å². The van der Waals surface area contributed by atoms with E-state index in [2.05, 4.69) is 28.6 Å². The first-order valence-corrected chi connectivity index (χ1v) is 4.39. The normalized spacial score (nSPS) is 9.73. The highest BCUT2D eigenvalue weighted by Gasteiger charge is 2.00. The Labute approximate surface area is 79.9 Å². The van der Waals surface area contributed by atoms with Crippen LogP contribution in [0, 0.1) is 12.3 Å². The molecule has 1 aromatic rings. The third-order valence-electron chi connectivity index (χ3n) is 1.39. The fourth-order valence-corrected chi connectivity index (χ4v) is 1.72. The van der Waals surface area contributed by atoms with Gasteiger partial charge in [0.1, 0.15) is 4.62 Å². The number of hydrogen-bond acceptors (Lipinski definition) is 2. The number of nitrogens with one attached hydrogen (secondary N) is 1. The van der Waals surface area contributed by atoms with Gasteiger partial charge in [-0.05, 0) is 34.5 Å². The van der Waals surface area contributed by atoms with E-state index in [1.165, 1.54) is 0 Å². The van der Waals surface area contributed by atoms with Gasteiger partial charge in [-0.1, -0.05) is 12.1 Å². The predicted molar refractivity (Wildman–Crippen MR) is 54.2 cm³/mol. The van der Waals surface area contributed by atoms with Gasteiger partial charge in [0.25, 0.3) is 0 Å². The van der Waals surface area contributed by atoms with Crippen LogP contribution in [-0.4, -0.2) is 4.62 Å². The monoisotopic (exact) mass is 229 g/mol. The van der Waals surface area contributed by atoms with E-state index in [9.17, 15) is 0 Å². The first kappa shape index (κ1) is 8.81. The van der Waals surface area contributed by atoms with E-state index >= 15 is 0 Å². The van der Waals surface area contributed by atoms with Crippen LogP contribution in [0.3, 0.4) is 0 Å². The van der Waals surface area contributed by atoms with Crippen LogP contribution >= 0.6 is 28.6 Å². The molecule has 1 rings (SSSR count). The molecule has 1 N–H and O–H groups in total. The van der Waals surface area contributed by atoms with E-state index in [-0.39, 0.29) is 0 Å². The van der Waals surface area contributed by atoms with Crippen molar-refractivity contribution in [2.75, 3.05) is 0 Å². The Bertz CT molecular complexity index is 296. The maximum atomic E-state index is 7.31. The Morgan fingerprint density at radius 1 is 1.55 bits per heavy atom. The summed E-state index contributed by atoms with van der Waals surface area (Å²) in [6.45, 7) is 2.00. The number of benzene rings is 1. The molecule has 0 heterocycles. The first-order chi connectivity index (χ1) is 5.11. The highest BCUT2D eigenvalue weighted by atomic mass is 79.9. The molecule has 0 atom stereocenters. The minimum Gasteiger partial charge on any atom is -0.293 e. The number of hydrogen-bond donors (Lipinski definition) is 2. The summed E-state index contributed by atoms with van der Waals surface area (Å²) in [7, 11) is 0. The van der Waals surface area contributed by atoms with Crippen molar-refractivity contribution in [1.82, 2.24) is 0 Å².